The molecule has 0 aromatic heterocycles. The number of aromatic carboxylic acids is 1. The Morgan fingerprint density at radius 2 is 2.17 bits per heavy atom. The Hall–Kier alpha value is -1.36. The lowest BCUT2D eigenvalue weighted by Crippen LogP contribution is -2.10. The molecule has 4 nitrogen and oxygen atoms in total. The number of unbranched alkanes of at least 4 members (excludes halogenated alkanes) is 2. The zero-order valence-electron chi connectivity index (χ0n) is 10.6. The van der Waals surface area contributed by atoms with Crippen molar-refractivity contribution in [2.24, 2.45) is 0 Å². The molecule has 0 bridgehead atoms. The van der Waals surface area contributed by atoms with Crippen molar-refractivity contribution in [1.82, 2.24) is 0 Å². The highest BCUT2D eigenvalue weighted by atomic mass is 32.2. The van der Waals surface area contributed by atoms with Crippen molar-refractivity contribution in [1.29, 1.82) is 0 Å². The fourth-order valence-corrected chi connectivity index (χ4v) is 2.20. The van der Waals surface area contributed by atoms with Crippen molar-refractivity contribution in [2.45, 2.75) is 19.3 Å². The van der Waals surface area contributed by atoms with Crippen molar-refractivity contribution in [3.05, 3.63) is 23.8 Å². The summed E-state index contributed by atoms with van der Waals surface area (Å²) in [6.07, 6.45) is 5.46. The molecular formula is C13H20N2O2S. The molecule has 0 radical (unpaired) electrons. The molecule has 18 heavy (non-hydrogen) atoms. The van der Waals surface area contributed by atoms with E-state index in [9.17, 15) is 4.79 Å². The predicted molar refractivity (Wildman–Crippen MR) is 78.5 cm³/mol. The predicted octanol–water partition coefficient (Wildman–Crippen LogP) is 2.91. The minimum absolute atomic E-state index is 0.235. The molecule has 0 saturated heterocycles. The van der Waals surface area contributed by atoms with Crippen LogP contribution in [0.25, 0.3) is 0 Å². The molecule has 1 rings (SSSR count). The number of benzene rings is 1. The molecule has 0 aliphatic heterocycles. The van der Waals surface area contributed by atoms with Gasteiger partial charge in [-0.3, -0.25) is 0 Å². The molecule has 0 aliphatic carbocycles. The van der Waals surface area contributed by atoms with E-state index in [-0.39, 0.29) is 5.56 Å². The number of carboxylic acids is 1. The van der Waals surface area contributed by atoms with E-state index in [0.29, 0.717) is 11.4 Å². The molecule has 1 aromatic carbocycles. The number of carbonyl (C=O) groups is 1. The molecule has 0 unspecified atom stereocenters. The number of anilines is 2. The first-order chi connectivity index (χ1) is 8.66. The number of nitrogens with two attached hydrogens (primary N) is 1. The Balaban J connectivity index is 2.48. The van der Waals surface area contributed by atoms with Gasteiger partial charge in [-0.25, -0.2) is 4.79 Å². The highest BCUT2D eigenvalue weighted by Gasteiger charge is 2.11. The zero-order chi connectivity index (χ0) is 13.4. The second-order valence-electron chi connectivity index (χ2n) is 4.06. The van der Waals surface area contributed by atoms with Gasteiger partial charge < -0.3 is 16.2 Å². The summed E-state index contributed by atoms with van der Waals surface area (Å²) < 4.78 is 0. The summed E-state index contributed by atoms with van der Waals surface area (Å²) in [6.45, 7) is 0.753. The van der Waals surface area contributed by atoms with Crippen molar-refractivity contribution >= 4 is 29.1 Å². The second kappa shape index (κ2) is 7.87. The zero-order valence-corrected chi connectivity index (χ0v) is 11.4. The summed E-state index contributed by atoms with van der Waals surface area (Å²) in [5, 5.41) is 12.2. The van der Waals surface area contributed by atoms with Gasteiger partial charge in [0.05, 0.1) is 16.9 Å². The van der Waals surface area contributed by atoms with E-state index >= 15 is 0 Å². The summed E-state index contributed by atoms with van der Waals surface area (Å²) in [5.41, 5.74) is 7.05. The van der Waals surface area contributed by atoms with Gasteiger partial charge in [0, 0.05) is 6.54 Å². The van der Waals surface area contributed by atoms with Crippen LogP contribution in [0.15, 0.2) is 18.2 Å². The first kappa shape index (κ1) is 14.7. The standard InChI is InChI=1S/C13H20N2O2S/c1-18-9-4-2-3-8-15-12-10(13(16)17)6-5-7-11(12)14/h5-7,15H,2-4,8-9,14H2,1H3,(H,16,17). The first-order valence-corrected chi connectivity index (χ1v) is 7.40. The van der Waals surface area contributed by atoms with Gasteiger partial charge in [0.2, 0.25) is 0 Å². The lowest BCUT2D eigenvalue weighted by molar-refractivity contribution is 0.0698. The van der Waals surface area contributed by atoms with Gasteiger partial charge in [-0.1, -0.05) is 12.5 Å². The van der Waals surface area contributed by atoms with Crippen LogP contribution in [0, 0.1) is 0 Å². The van der Waals surface area contributed by atoms with Crippen molar-refractivity contribution in [2.75, 3.05) is 29.6 Å². The van der Waals surface area contributed by atoms with E-state index < -0.39 is 5.97 Å². The molecule has 4 N–H and O–H groups in total. The van der Waals surface area contributed by atoms with E-state index in [2.05, 4.69) is 11.6 Å². The molecule has 100 valence electrons. The molecule has 0 atom stereocenters. The monoisotopic (exact) mass is 268 g/mol. The summed E-state index contributed by atoms with van der Waals surface area (Å²) in [5.74, 6) is 0.223. The maximum Gasteiger partial charge on any atom is 0.337 e. The molecule has 1 aromatic rings. The van der Waals surface area contributed by atoms with E-state index in [4.69, 9.17) is 10.8 Å². The third-order valence-corrected chi connectivity index (χ3v) is 3.35. The van der Waals surface area contributed by atoms with Crippen molar-refractivity contribution in [3.63, 3.8) is 0 Å². The summed E-state index contributed by atoms with van der Waals surface area (Å²) in [7, 11) is 0. The van der Waals surface area contributed by atoms with Crippen LogP contribution in [0.1, 0.15) is 29.6 Å². The fourth-order valence-electron chi connectivity index (χ4n) is 1.71. The van der Waals surface area contributed by atoms with Gasteiger partial charge in [0.15, 0.2) is 0 Å². The van der Waals surface area contributed by atoms with Crippen LogP contribution in [-0.4, -0.2) is 29.6 Å². The van der Waals surface area contributed by atoms with Gasteiger partial charge in [-0.05, 0) is 37.0 Å². The van der Waals surface area contributed by atoms with Crippen LogP contribution in [0.2, 0.25) is 0 Å². The molecule has 0 fully saturated rings. The van der Waals surface area contributed by atoms with Gasteiger partial charge in [-0.2, -0.15) is 11.8 Å². The Kier molecular flexibility index (Phi) is 6.43. The smallest absolute Gasteiger partial charge is 0.337 e. The fraction of sp³-hybridized carbons (Fsp3) is 0.462. The van der Waals surface area contributed by atoms with E-state index in [1.807, 2.05) is 11.8 Å². The van der Waals surface area contributed by atoms with Gasteiger partial charge in [-0.15, -0.1) is 0 Å². The van der Waals surface area contributed by atoms with Gasteiger partial charge in [0.1, 0.15) is 0 Å². The Bertz CT molecular complexity index is 397. The van der Waals surface area contributed by atoms with Crippen LogP contribution in [0.4, 0.5) is 11.4 Å². The van der Waals surface area contributed by atoms with Crippen molar-refractivity contribution in [3.8, 4) is 0 Å². The van der Waals surface area contributed by atoms with Gasteiger partial charge in [0.25, 0.3) is 0 Å². The number of nitrogen functional groups attached to an aromatic ring is 1. The average Bonchev–Trinajstić information content (AvgIpc) is 2.34. The average molecular weight is 268 g/mol. The number of rotatable bonds is 8. The molecule has 0 heterocycles. The SMILES string of the molecule is CSCCCCCNc1c(N)cccc1C(=O)O. The van der Waals surface area contributed by atoms with Crippen LogP contribution in [0.3, 0.4) is 0 Å². The molecule has 0 amide bonds. The Morgan fingerprint density at radius 1 is 1.39 bits per heavy atom. The minimum Gasteiger partial charge on any atom is -0.478 e. The lowest BCUT2D eigenvalue weighted by Gasteiger charge is -2.12. The second-order valence-corrected chi connectivity index (χ2v) is 5.04. The van der Waals surface area contributed by atoms with E-state index in [1.54, 1.807) is 18.2 Å². The number of para-hydroxylation sites is 1. The summed E-state index contributed by atoms with van der Waals surface area (Å²) >= 11 is 1.85. The van der Waals surface area contributed by atoms with Crippen LogP contribution < -0.4 is 11.1 Å². The quantitative estimate of drug-likeness (QED) is 0.499. The first-order valence-electron chi connectivity index (χ1n) is 6.01. The number of hydrogen-bond donors (Lipinski definition) is 3. The van der Waals surface area contributed by atoms with Gasteiger partial charge >= 0.3 is 5.97 Å². The van der Waals surface area contributed by atoms with E-state index in [0.717, 1.165) is 19.4 Å². The maximum absolute atomic E-state index is 11.0. The Morgan fingerprint density at radius 3 is 2.83 bits per heavy atom. The summed E-state index contributed by atoms with van der Waals surface area (Å²) in [4.78, 5) is 11.0. The Labute approximate surface area is 112 Å². The third-order valence-electron chi connectivity index (χ3n) is 2.65. The molecule has 5 heteroatoms. The normalized spacial score (nSPS) is 10.3. The highest BCUT2D eigenvalue weighted by Crippen LogP contribution is 2.23. The number of thioether (sulfide) groups is 1. The number of nitrogens with one attached hydrogen (secondary N) is 1. The number of hydrogen-bond acceptors (Lipinski definition) is 4. The van der Waals surface area contributed by atoms with Crippen molar-refractivity contribution < 1.29 is 9.90 Å². The maximum atomic E-state index is 11.0. The number of carboxylic acid groups (broad SMARTS) is 1. The lowest BCUT2D eigenvalue weighted by atomic mass is 10.1. The highest BCUT2D eigenvalue weighted by molar-refractivity contribution is 7.98. The largest absolute Gasteiger partial charge is 0.478 e. The van der Waals surface area contributed by atoms with Crippen LogP contribution in [0.5, 0.6) is 0 Å². The van der Waals surface area contributed by atoms with Crippen LogP contribution in [-0.2, 0) is 0 Å². The molecule has 0 saturated carbocycles. The minimum atomic E-state index is -0.952. The van der Waals surface area contributed by atoms with E-state index in [1.165, 1.54) is 12.2 Å². The molecular weight excluding hydrogens is 248 g/mol. The summed E-state index contributed by atoms with van der Waals surface area (Å²) in [6, 6.07) is 4.93. The molecule has 0 spiro atoms. The van der Waals surface area contributed by atoms with Crippen LogP contribution >= 0.6 is 11.8 Å². The molecule has 0 aliphatic rings. The topological polar surface area (TPSA) is 75.3 Å². The third kappa shape index (κ3) is 4.49.